The molecule has 0 aromatic heterocycles. The molecule has 45 heavy (non-hydrogen) atoms. The Labute approximate surface area is 256 Å². The summed E-state index contributed by atoms with van der Waals surface area (Å²) < 4.78 is 38.6. The van der Waals surface area contributed by atoms with Gasteiger partial charge in [-0.05, 0) is 24.3 Å². The van der Waals surface area contributed by atoms with E-state index in [1.54, 1.807) is 30.3 Å². The first kappa shape index (κ1) is 32.2. The van der Waals surface area contributed by atoms with Gasteiger partial charge in [-0.15, -0.1) is 0 Å². The van der Waals surface area contributed by atoms with Gasteiger partial charge in [0, 0.05) is 64.3 Å². The van der Waals surface area contributed by atoms with Crippen LogP contribution in [-0.2, 0) is 35.1 Å². The minimum Gasteiger partial charge on any atom is -0.481 e. The molecular formula is C32H28O13. The molecule has 4 rings (SSSR count). The van der Waals surface area contributed by atoms with Gasteiger partial charge in [-0.3, -0.25) is 24.0 Å². The molecule has 0 saturated carbocycles. The van der Waals surface area contributed by atoms with Gasteiger partial charge in [0.25, 0.3) is 0 Å². The Bertz CT molecular complexity index is 1640. The number of carbonyl (C=O) groups excluding carboxylic acids is 6. The molecule has 1 heterocycles. The van der Waals surface area contributed by atoms with Crippen molar-refractivity contribution < 1.29 is 61.9 Å². The molecule has 13 heteroatoms. The maximum Gasteiger partial charge on any atom is 0.338 e. The third kappa shape index (κ3) is 8.22. The highest BCUT2D eigenvalue weighted by Gasteiger charge is 2.38. The van der Waals surface area contributed by atoms with Crippen LogP contribution in [0.25, 0.3) is 0 Å². The highest BCUT2D eigenvalue weighted by molar-refractivity contribution is 5.89. The van der Waals surface area contributed by atoms with Crippen LogP contribution in [0.2, 0.25) is 0 Å². The van der Waals surface area contributed by atoms with Crippen LogP contribution in [-0.4, -0.2) is 41.9 Å². The summed E-state index contributed by atoms with van der Waals surface area (Å²) in [7, 11) is 0. The van der Waals surface area contributed by atoms with Crippen LogP contribution in [0.5, 0.6) is 34.5 Å². The molecule has 0 radical (unpaired) electrons. The highest BCUT2D eigenvalue weighted by atomic mass is 16.6. The Balaban J connectivity index is 1.91. The summed E-state index contributed by atoms with van der Waals surface area (Å²) in [6, 6.07) is 13.5. The molecule has 3 aromatic rings. The molecule has 0 N–H and O–H groups in total. The van der Waals surface area contributed by atoms with E-state index in [-0.39, 0.29) is 52.0 Å². The number of rotatable bonds is 8. The van der Waals surface area contributed by atoms with E-state index in [4.69, 9.17) is 33.2 Å². The lowest BCUT2D eigenvalue weighted by Gasteiger charge is -2.34. The van der Waals surface area contributed by atoms with Crippen molar-refractivity contribution in [3.8, 4) is 34.5 Å². The molecule has 1 aliphatic heterocycles. The van der Waals surface area contributed by atoms with Crippen LogP contribution in [0.1, 0.15) is 62.2 Å². The van der Waals surface area contributed by atoms with Gasteiger partial charge in [-0.2, -0.15) is 0 Å². The molecule has 0 aliphatic carbocycles. The van der Waals surface area contributed by atoms with Gasteiger partial charge in [-0.1, -0.05) is 18.2 Å². The molecule has 0 unspecified atom stereocenters. The molecule has 1 aliphatic rings. The summed E-state index contributed by atoms with van der Waals surface area (Å²) in [5.41, 5.74) is 0.723. The summed E-state index contributed by atoms with van der Waals surface area (Å²) in [4.78, 5) is 72.8. The summed E-state index contributed by atoms with van der Waals surface area (Å²) in [5, 5.41) is 0. The molecule has 0 bridgehead atoms. The first-order chi connectivity index (χ1) is 21.3. The maximum atomic E-state index is 13.2. The van der Waals surface area contributed by atoms with Crippen LogP contribution in [0.3, 0.4) is 0 Å². The molecule has 234 valence electrons. The number of hydrogen-bond donors (Lipinski definition) is 0. The van der Waals surface area contributed by atoms with Crippen LogP contribution in [0, 0.1) is 0 Å². The van der Waals surface area contributed by atoms with Gasteiger partial charge >= 0.3 is 35.8 Å². The SMILES string of the molecule is CC(=O)Oc1cc(OC(C)=O)c2c(c1)O[C@H](c1cc(OC(C)=O)c(OC(C)=O)c(OC(C)=O)c1)[C@@H](OC(=O)c1ccccc1)C2. The van der Waals surface area contributed by atoms with Crippen LogP contribution < -0.4 is 28.4 Å². The van der Waals surface area contributed by atoms with Crippen LogP contribution >= 0.6 is 0 Å². The van der Waals surface area contributed by atoms with Gasteiger partial charge in [0.2, 0.25) is 5.75 Å². The first-order valence-corrected chi connectivity index (χ1v) is 13.5. The van der Waals surface area contributed by atoms with E-state index in [9.17, 15) is 28.8 Å². The van der Waals surface area contributed by atoms with E-state index in [1.165, 1.54) is 38.1 Å². The lowest BCUT2D eigenvalue weighted by atomic mass is 9.93. The van der Waals surface area contributed by atoms with Crippen LogP contribution in [0.4, 0.5) is 0 Å². The lowest BCUT2D eigenvalue weighted by Crippen LogP contribution is -2.35. The molecule has 0 amide bonds. The van der Waals surface area contributed by atoms with Gasteiger partial charge < -0.3 is 33.2 Å². The predicted molar refractivity (Wildman–Crippen MR) is 152 cm³/mol. The third-order valence-electron chi connectivity index (χ3n) is 6.05. The second-order valence-electron chi connectivity index (χ2n) is 9.76. The standard InChI is InChI=1S/C32H28O13/c1-16(33)39-23-13-25(40-17(2)34)24-15-29(45-32(38)21-9-7-6-8-10-21)30(44-26(24)14-23)22-11-27(41-18(3)35)31(43-20(5)37)28(12-22)42-19(4)36/h6-14,29-30H,15H2,1-5H3/t29-,30+/m0/s1. The topological polar surface area (TPSA) is 167 Å². The van der Waals surface area contributed by atoms with Crippen molar-refractivity contribution >= 4 is 35.8 Å². The van der Waals surface area contributed by atoms with E-state index in [0.29, 0.717) is 5.56 Å². The van der Waals surface area contributed by atoms with E-state index in [1.807, 2.05) is 0 Å². The Morgan fingerprint density at radius 1 is 0.644 bits per heavy atom. The average Bonchev–Trinajstić information content (AvgIpc) is 2.93. The minimum atomic E-state index is -1.18. The number of benzene rings is 3. The number of ether oxygens (including phenoxy) is 7. The molecule has 3 aromatic carbocycles. The normalized spacial score (nSPS) is 15.0. The molecular weight excluding hydrogens is 592 g/mol. The van der Waals surface area contributed by atoms with Crippen molar-refractivity contribution in [1.82, 2.24) is 0 Å². The Hall–Kier alpha value is -5.72. The van der Waals surface area contributed by atoms with Gasteiger partial charge in [0.15, 0.2) is 17.6 Å². The Morgan fingerprint density at radius 2 is 1.18 bits per heavy atom. The summed E-state index contributed by atoms with van der Waals surface area (Å²) in [6.07, 6.45) is -2.37. The van der Waals surface area contributed by atoms with Crippen molar-refractivity contribution in [3.05, 3.63) is 71.3 Å². The van der Waals surface area contributed by atoms with E-state index < -0.39 is 48.0 Å². The fourth-order valence-electron chi connectivity index (χ4n) is 4.53. The minimum absolute atomic E-state index is 0.00173. The van der Waals surface area contributed by atoms with Gasteiger partial charge in [0.05, 0.1) is 5.56 Å². The van der Waals surface area contributed by atoms with E-state index >= 15 is 0 Å². The molecule has 0 saturated heterocycles. The van der Waals surface area contributed by atoms with Crippen molar-refractivity contribution in [1.29, 1.82) is 0 Å². The van der Waals surface area contributed by atoms with Crippen molar-refractivity contribution in [3.63, 3.8) is 0 Å². The van der Waals surface area contributed by atoms with E-state index in [2.05, 4.69) is 0 Å². The molecule has 0 spiro atoms. The van der Waals surface area contributed by atoms with Crippen LogP contribution in [0.15, 0.2) is 54.6 Å². The largest absolute Gasteiger partial charge is 0.481 e. The lowest BCUT2D eigenvalue weighted by molar-refractivity contribution is -0.135. The Kier molecular flexibility index (Phi) is 9.81. The predicted octanol–water partition coefficient (Wildman–Crippen LogP) is 4.21. The second-order valence-corrected chi connectivity index (χ2v) is 9.76. The summed E-state index contributed by atoms with van der Waals surface area (Å²) in [5.74, 6) is -5.20. The molecule has 2 atom stereocenters. The number of esters is 6. The van der Waals surface area contributed by atoms with Crippen molar-refractivity contribution in [2.75, 3.05) is 0 Å². The number of carbonyl (C=O) groups is 6. The molecule has 0 fully saturated rings. The summed E-state index contributed by atoms with van der Waals surface area (Å²) >= 11 is 0. The van der Waals surface area contributed by atoms with E-state index in [0.717, 1.165) is 20.8 Å². The fourth-order valence-corrected chi connectivity index (χ4v) is 4.53. The highest BCUT2D eigenvalue weighted by Crippen LogP contribution is 2.47. The zero-order valence-electron chi connectivity index (χ0n) is 24.9. The quantitative estimate of drug-likeness (QED) is 0.260. The second kappa shape index (κ2) is 13.7. The Morgan fingerprint density at radius 3 is 1.71 bits per heavy atom. The summed E-state index contributed by atoms with van der Waals surface area (Å²) in [6.45, 7) is 5.69. The molecule has 13 nitrogen and oxygen atoms in total. The zero-order chi connectivity index (χ0) is 32.8. The monoisotopic (exact) mass is 620 g/mol. The third-order valence-corrected chi connectivity index (χ3v) is 6.05. The number of hydrogen-bond acceptors (Lipinski definition) is 13. The maximum absolute atomic E-state index is 13.2. The average molecular weight is 621 g/mol. The number of fused-ring (bicyclic) bond motifs is 1. The fraction of sp³-hybridized carbons (Fsp3) is 0.250. The smallest absolute Gasteiger partial charge is 0.338 e. The van der Waals surface area contributed by atoms with Crippen molar-refractivity contribution in [2.45, 2.75) is 53.2 Å². The zero-order valence-corrected chi connectivity index (χ0v) is 24.9. The van der Waals surface area contributed by atoms with Gasteiger partial charge in [-0.25, -0.2) is 4.79 Å². The van der Waals surface area contributed by atoms with Gasteiger partial charge in [0.1, 0.15) is 23.4 Å². The first-order valence-electron chi connectivity index (χ1n) is 13.5. The van der Waals surface area contributed by atoms with Crippen molar-refractivity contribution in [2.24, 2.45) is 0 Å².